The number of methoxy groups -OCH3 is 1. The van der Waals surface area contributed by atoms with Crippen molar-refractivity contribution in [1.29, 1.82) is 0 Å². The maximum Gasteiger partial charge on any atom is 0.325 e. The summed E-state index contributed by atoms with van der Waals surface area (Å²) in [5.41, 5.74) is 2.69. The van der Waals surface area contributed by atoms with Crippen LogP contribution in [0.3, 0.4) is 0 Å². The summed E-state index contributed by atoms with van der Waals surface area (Å²) in [5, 5.41) is 6.03. The van der Waals surface area contributed by atoms with E-state index in [-0.39, 0.29) is 27.4 Å². The summed E-state index contributed by atoms with van der Waals surface area (Å²) >= 11 is 8.17. The Hall–Kier alpha value is -3.87. The number of benzene rings is 3. The number of rotatable bonds is 7. The van der Waals surface area contributed by atoms with Crippen molar-refractivity contribution in [2.45, 2.75) is 57.1 Å². The van der Waals surface area contributed by atoms with Gasteiger partial charge in [-0.1, -0.05) is 59.6 Å². The number of urea groups is 1. The Labute approximate surface area is 274 Å². The van der Waals surface area contributed by atoms with Gasteiger partial charge in [-0.3, -0.25) is 14.3 Å². The van der Waals surface area contributed by atoms with Crippen molar-refractivity contribution in [3.8, 4) is 0 Å². The highest BCUT2D eigenvalue weighted by molar-refractivity contribution is 8.00. The van der Waals surface area contributed by atoms with Crippen molar-refractivity contribution in [2.24, 2.45) is 4.99 Å². The van der Waals surface area contributed by atoms with Crippen LogP contribution in [0, 0.1) is 12.7 Å². The third-order valence-corrected chi connectivity index (χ3v) is 9.24. The maximum absolute atomic E-state index is 14.3. The molecule has 9 nitrogen and oxygen atoms in total. The number of carbonyl (C=O) groups excluding carboxylic acids is 2. The van der Waals surface area contributed by atoms with Crippen molar-refractivity contribution in [3.63, 3.8) is 0 Å². The number of nitrogens with one attached hydrogen (secondary N) is 2. The van der Waals surface area contributed by atoms with Crippen molar-refractivity contribution in [2.75, 3.05) is 18.2 Å². The van der Waals surface area contributed by atoms with Gasteiger partial charge in [0.2, 0.25) is 4.80 Å². The lowest BCUT2D eigenvalue weighted by Gasteiger charge is -2.27. The number of nitrogens with zero attached hydrogens (tertiary/aromatic N) is 3. The summed E-state index contributed by atoms with van der Waals surface area (Å²) in [7, 11) is 1.30. The lowest BCUT2D eigenvalue weighted by molar-refractivity contribution is -0.137. The van der Waals surface area contributed by atoms with Gasteiger partial charge in [0.25, 0.3) is 0 Å². The molecule has 4 aromatic rings. The third-order valence-electron chi connectivity index (χ3n) is 6.91. The van der Waals surface area contributed by atoms with Crippen LogP contribution in [0.4, 0.5) is 20.6 Å². The largest absolute Gasteiger partial charge is 0.468 e. The molecule has 2 amide bonds. The van der Waals surface area contributed by atoms with E-state index in [1.807, 2.05) is 75.4 Å². The molecule has 13 heteroatoms. The highest BCUT2D eigenvalue weighted by atomic mass is 35.5. The molecule has 2 heterocycles. The Morgan fingerprint density at radius 2 is 1.73 bits per heavy atom. The number of fused-ring (bicyclic) bond motifs is 1. The first-order valence-corrected chi connectivity index (χ1v) is 16.4. The molecule has 0 spiro atoms. The molecular formula is C32H35ClFN5O4S2. The number of hydrogen-bond donors (Lipinski definition) is 2. The van der Waals surface area contributed by atoms with Crippen LogP contribution in [0.15, 0.2) is 81.4 Å². The Morgan fingerprint density at radius 3 is 2.40 bits per heavy atom. The second kappa shape index (κ2) is 15.4. The number of amides is 2. The van der Waals surface area contributed by atoms with E-state index in [1.54, 1.807) is 9.36 Å². The van der Waals surface area contributed by atoms with Gasteiger partial charge in [-0.05, 0) is 74.8 Å². The molecule has 0 aliphatic carbocycles. The molecule has 45 heavy (non-hydrogen) atoms. The minimum atomic E-state index is -0.580. The highest BCUT2D eigenvalue weighted by Gasteiger charge is 2.22. The topological polar surface area (TPSA) is 107 Å². The monoisotopic (exact) mass is 671 g/mol. The van der Waals surface area contributed by atoms with E-state index in [0.717, 1.165) is 53.3 Å². The average molecular weight is 672 g/mol. The van der Waals surface area contributed by atoms with Crippen LogP contribution in [-0.4, -0.2) is 34.2 Å². The minimum absolute atomic E-state index is 0.0605. The summed E-state index contributed by atoms with van der Waals surface area (Å²) < 4.78 is 22.3. The molecule has 0 saturated carbocycles. The predicted molar refractivity (Wildman–Crippen MR) is 178 cm³/mol. The van der Waals surface area contributed by atoms with Gasteiger partial charge in [0.15, 0.2) is 0 Å². The fourth-order valence-electron chi connectivity index (χ4n) is 4.44. The van der Waals surface area contributed by atoms with Gasteiger partial charge in [0, 0.05) is 23.7 Å². The van der Waals surface area contributed by atoms with Crippen LogP contribution in [0.5, 0.6) is 0 Å². The first kappa shape index (κ1) is 34.0. The fraction of sp³-hybridized carbons (Fsp3) is 0.312. The van der Waals surface area contributed by atoms with Crippen LogP contribution in [0.25, 0.3) is 0 Å². The van der Waals surface area contributed by atoms with Gasteiger partial charge < -0.3 is 15.4 Å². The quantitative estimate of drug-likeness (QED) is 0.165. The molecule has 5 rings (SSSR count). The second-order valence-corrected chi connectivity index (χ2v) is 13.1. The molecule has 238 valence electrons. The van der Waals surface area contributed by atoms with Crippen molar-refractivity contribution in [3.05, 3.63) is 103 Å². The number of aryl methyl sites for hydroxylation is 1. The Balaban J connectivity index is 0.000000210. The van der Waals surface area contributed by atoms with E-state index >= 15 is 0 Å². The number of hydrogen-bond acceptors (Lipinski definition) is 7. The second-order valence-electron chi connectivity index (χ2n) is 10.8. The summed E-state index contributed by atoms with van der Waals surface area (Å²) in [5.74, 6) is -0.923. The predicted octanol–water partition coefficient (Wildman–Crippen LogP) is 6.85. The molecule has 0 fully saturated rings. The zero-order chi connectivity index (χ0) is 32.6. The van der Waals surface area contributed by atoms with Crippen LogP contribution >= 0.6 is 34.7 Å². The van der Waals surface area contributed by atoms with Crippen LogP contribution < -0.4 is 20.3 Å². The number of ether oxygens (including phenoxy) is 1. The Morgan fingerprint density at radius 1 is 1.07 bits per heavy atom. The number of anilines is 1. The molecule has 0 radical (unpaired) electrons. The molecule has 1 aliphatic heterocycles. The smallest absolute Gasteiger partial charge is 0.325 e. The highest BCUT2D eigenvalue weighted by Crippen LogP contribution is 2.33. The number of aromatic nitrogens is 2. The average Bonchev–Trinajstić information content (AvgIpc) is 3.34. The van der Waals surface area contributed by atoms with Gasteiger partial charge >= 0.3 is 16.9 Å². The molecule has 0 unspecified atom stereocenters. The number of thioether (sulfide) groups is 1. The minimum Gasteiger partial charge on any atom is -0.468 e. The van der Waals surface area contributed by atoms with E-state index in [9.17, 15) is 18.8 Å². The van der Waals surface area contributed by atoms with Gasteiger partial charge in [-0.25, -0.2) is 18.9 Å². The van der Waals surface area contributed by atoms with Crippen molar-refractivity contribution in [1.82, 2.24) is 14.7 Å². The van der Waals surface area contributed by atoms with Gasteiger partial charge in [0.05, 0.1) is 23.4 Å². The zero-order valence-corrected chi connectivity index (χ0v) is 27.8. The summed E-state index contributed by atoms with van der Waals surface area (Å²) in [4.78, 5) is 40.6. The summed E-state index contributed by atoms with van der Waals surface area (Å²) in [6, 6.07) is 20.1. The van der Waals surface area contributed by atoms with Gasteiger partial charge in [-0.2, -0.15) is 0 Å². The van der Waals surface area contributed by atoms with E-state index < -0.39 is 17.3 Å². The molecule has 2 N–H and O–H groups in total. The first-order chi connectivity index (χ1) is 21.5. The summed E-state index contributed by atoms with van der Waals surface area (Å²) in [6.07, 6.45) is 1.90. The van der Waals surface area contributed by atoms with E-state index in [2.05, 4.69) is 20.4 Å². The lowest BCUT2D eigenvalue weighted by Crippen LogP contribution is -2.43. The molecule has 1 aromatic heterocycles. The van der Waals surface area contributed by atoms with E-state index in [4.69, 9.17) is 11.6 Å². The van der Waals surface area contributed by atoms with Crippen LogP contribution in [0.1, 0.15) is 37.8 Å². The molecule has 0 bridgehead atoms. The standard InChI is InChI=1S/C17H20N2O.C15H15ClFN3O3S2/c1-13-9-11-15(12-10-13)18-16(20)19-17(2,3)14-7-5-4-6-8-14;1-23-13(21)8-24-12-7-11(10(17)6-9(12)16)18-14-19-4-2-3-5-20(19)15(22)25-14/h4-12H,1-3H3,(H2,18,19,20);6-7H,2-5,8H2,1H3/b;18-14-. The van der Waals surface area contributed by atoms with Crippen molar-refractivity contribution < 1.29 is 18.7 Å². The normalized spacial score (nSPS) is 12.9. The number of esters is 1. The number of carbonyl (C=O) groups is 2. The van der Waals surface area contributed by atoms with Gasteiger partial charge in [0.1, 0.15) is 11.5 Å². The first-order valence-electron chi connectivity index (χ1n) is 14.2. The molecule has 1 aliphatic rings. The molecule has 3 aromatic carbocycles. The van der Waals surface area contributed by atoms with E-state index in [1.165, 1.54) is 18.7 Å². The molecule has 0 atom stereocenters. The summed E-state index contributed by atoms with van der Waals surface area (Å²) in [6.45, 7) is 7.31. The van der Waals surface area contributed by atoms with Crippen molar-refractivity contribution >= 4 is 58.1 Å². The fourth-order valence-corrected chi connectivity index (χ4v) is 6.43. The zero-order valence-electron chi connectivity index (χ0n) is 25.4. The molecule has 0 saturated heterocycles. The third kappa shape index (κ3) is 9.32. The van der Waals surface area contributed by atoms with Gasteiger partial charge in [-0.15, -0.1) is 11.8 Å². The lowest BCUT2D eigenvalue weighted by atomic mass is 9.95. The van der Waals surface area contributed by atoms with Crippen LogP contribution in [-0.2, 0) is 28.2 Å². The molecular weight excluding hydrogens is 637 g/mol. The number of halogens is 2. The Kier molecular flexibility index (Phi) is 11.7. The Bertz CT molecular complexity index is 1770. The SMILES string of the molecule is COC(=O)CSc1cc(/N=c2\sc(=O)n3n2CCCC3)c(F)cc1Cl.Cc1ccc(NC(=O)NC(C)(C)c2ccccc2)cc1. The van der Waals surface area contributed by atoms with Crippen LogP contribution in [0.2, 0.25) is 5.02 Å². The van der Waals surface area contributed by atoms with E-state index in [0.29, 0.717) is 22.8 Å². The maximum atomic E-state index is 14.3.